The molecule has 0 rings (SSSR count). The maximum atomic E-state index is 9.44. The van der Waals surface area contributed by atoms with Crippen molar-refractivity contribution in [2.24, 2.45) is 5.92 Å². The van der Waals surface area contributed by atoms with Crippen LogP contribution in [0.5, 0.6) is 0 Å². The van der Waals surface area contributed by atoms with Gasteiger partial charge in [0.15, 0.2) is 0 Å². The van der Waals surface area contributed by atoms with Crippen LogP contribution in [0.2, 0.25) is 0 Å². The number of Topliss-reactive ketones (excluding diaryl/α,β-unsaturated/α-hetero) is 1. The molecule has 1 heteroatoms. The van der Waals surface area contributed by atoms with Crippen LogP contribution < -0.4 is 0 Å². The van der Waals surface area contributed by atoms with E-state index >= 15 is 0 Å². The molecule has 1 nitrogen and oxygen atoms in total. The first kappa shape index (κ1) is 27.9. The van der Waals surface area contributed by atoms with Gasteiger partial charge in [-0.05, 0) is 19.8 Å². The van der Waals surface area contributed by atoms with Crippen LogP contribution in [-0.4, -0.2) is 5.78 Å². The summed E-state index contributed by atoms with van der Waals surface area (Å²) >= 11 is 0. The van der Waals surface area contributed by atoms with Gasteiger partial charge in [-0.25, -0.2) is 0 Å². The Balaban J connectivity index is -0.000000134. The van der Waals surface area contributed by atoms with Crippen molar-refractivity contribution >= 4 is 5.78 Å². The zero-order valence-electron chi connectivity index (χ0n) is 16.1. The zero-order chi connectivity index (χ0) is 16.8. The third kappa shape index (κ3) is 65.3. The van der Waals surface area contributed by atoms with Crippen molar-refractivity contribution in [3.8, 4) is 0 Å². The first-order valence-electron chi connectivity index (χ1n) is 8.97. The number of carbonyl (C=O) groups excluding carboxylic acids is 1. The van der Waals surface area contributed by atoms with Crippen molar-refractivity contribution in [2.75, 3.05) is 0 Å². The van der Waals surface area contributed by atoms with E-state index in [2.05, 4.69) is 20.8 Å². The Morgan fingerprint density at radius 1 is 0.750 bits per heavy atom. The van der Waals surface area contributed by atoms with Gasteiger partial charge in [0, 0.05) is 0 Å². The Bertz CT molecular complexity index is 135. The van der Waals surface area contributed by atoms with E-state index in [-0.39, 0.29) is 5.78 Å². The molecule has 0 aromatic rings. The second-order valence-corrected chi connectivity index (χ2v) is 5.21. The molecule has 0 atom stereocenters. The molecule has 0 aliphatic carbocycles. The van der Waals surface area contributed by atoms with E-state index in [1.807, 2.05) is 27.7 Å². The lowest BCUT2D eigenvalue weighted by atomic mass is 10.0. The van der Waals surface area contributed by atoms with Crippen LogP contribution in [0.25, 0.3) is 0 Å². The number of unbranched alkanes of at least 4 members (excludes halogenated alkanes) is 6. The van der Waals surface area contributed by atoms with Gasteiger partial charge in [0.2, 0.25) is 0 Å². The summed E-state index contributed by atoms with van der Waals surface area (Å²) in [5.41, 5.74) is 0. The number of carbonyl (C=O) groups is 1. The highest BCUT2D eigenvalue weighted by atomic mass is 16.1. The van der Waals surface area contributed by atoms with Gasteiger partial charge in [0.25, 0.3) is 0 Å². The van der Waals surface area contributed by atoms with E-state index in [4.69, 9.17) is 0 Å². The number of rotatable bonds is 8. The largest absolute Gasteiger partial charge is 0.300 e. The van der Waals surface area contributed by atoms with Gasteiger partial charge in [-0.15, -0.1) is 0 Å². The maximum Gasteiger partial charge on any atom is 0.126 e. The van der Waals surface area contributed by atoms with Crippen molar-refractivity contribution in [1.29, 1.82) is 0 Å². The Kier molecular flexibility index (Phi) is 43.6. The van der Waals surface area contributed by atoms with E-state index in [0.717, 1.165) is 5.92 Å². The molecule has 0 aliphatic rings. The SMILES string of the molecule is CC.CC.CC(C)=O.CCCCCCCCCC(C)C. The average molecular weight is 289 g/mol. The molecule has 0 aromatic heterocycles. The predicted octanol–water partition coefficient (Wildman–Crippen LogP) is 7.43. The molecule has 20 heavy (non-hydrogen) atoms. The van der Waals surface area contributed by atoms with Crippen molar-refractivity contribution in [3.05, 3.63) is 0 Å². The highest BCUT2D eigenvalue weighted by Crippen LogP contribution is 2.11. The summed E-state index contributed by atoms with van der Waals surface area (Å²) in [6, 6.07) is 0. The molecular weight excluding hydrogens is 244 g/mol. The predicted molar refractivity (Wildman–Crippen MR) is 96.5 cm³/mol. The minimum absolute atomic E-state index is 0.167. The lowest BCUT2D eigenvalue weighted by Gasteiger charge is -2.03. The monoisotopic (exact) mass is 288 g/mol. The Labute approximate surface area is 130 Å². The molecule has 126 valence electrons. The minimum Gasteiger partial charge on any atom is -0.300 e. The number of ketones is 1. The summed E-state index contributed by atoms with van der Waals surface area (Å²) < 4.78 is 0. The van der Waals surface area contributed by atoms with Crippen LogP contribution in [0, 0.1) is 5.92 Å². The topological polar surface area (TPSA) is 17.1 Å². The lowest BCUT2D eigenvalue weighted by Crippen LogP contribution is -1.87. The summed E-state index contributed by atoms with van der Waals surface area (Å²) in [5, 5.41) is 0. The quantitative estimate of drug-likeness (QED) is 0.424. The van der Waals surface area contributed by atoms with Gasteiger partial charge < -0.3 is 4.79 Å². The molecule has 0 saturated heterocycles. The average Bonchev–Trinajstić information content (AvgIpc) is 2.41. The fourth-order valence-electron chi connectivity index (χ4n) is 1.51. The Hall–Kier alpha value is -0.330. The smallest absolute Gasteiger partial charge is 0.126 e. The highest BCUT2D eigenvalue weighted by molar-refractivity contribution is 5.72. The molecule has 0 amide bonds. The summed E-state index contributed by atoms with van der Waals surface area (Å²) in [6.07, 6.45) is 11.5. The van der Waals surface area contributed by atoms with E-state index in [0.29, 0.717) is 0 Å². The van der Waals surface area contributed by atoms with Crippen LogP contribution in [-0.2, 0) is 4.79 Å². The molecule has 0 N–H and O–H groups in total. The standard InChI is InChI=1S/C12H26.C3H6O.2C2H6/c1-4-5-6-7-8-9-10-11-12(2)3;1-3(2)4;2*1-2/h12H,4-11H2,1-3H3;1-2H3;2*1-2H3. The summed E-state index contributed by atoms with van der Waals surface area (Å²) in [7, 11) is 0. The molecule has 0 unspecified atom stereocenters. The normalized spacial score (nSPS) is 8.50. The van der Waals surface area contributed by atoms with Gasteiger partial charge in [0.05, 0.1) is 0 Å². The van der Waals surface area contributed by atoms with Gasteiger partial charge in [-0.2, -0.15) is 0 Å². The first-order chi connectivity index (χ1) is 9.50. The molecule has 0 bridgehead atoms. The number of hydrogen-bond acceptors (Lipinski definition) is 1. The van der Waals surface area contributed by atoms with Crippen molar-refractivity contribution in [2.45, 2.75) is 114 Å². The Morgan fingerprint density at radius 2 is 1.05 bits per heavy atom. The van der Waals surface area contributed by atoms with Crippen LogP contribution >= 0.6 is 0 Å². The van der Waals surface area contributed by atoms with Gasteiger partial charge in [-0.1, -0.05) is 99.8 Å². The molecule has 0 aromatic carbocycles. The van der Waals surface area contributed by atoms with E-state index < -0.39 is 0 Å². The van der Waals surface area contributed by atoms with Gasteiger partial charge in [0.1, 0.15) is 5.78 Å². The lowest BCUT2D eigenvalue weighted by molar-refractivity contribution is -0.114. The third-order valence-corrected chi connectivity index (χ3v) is 2.39. The third-order valence-electron chi connectivity index (χ3n) is 2.39. The summed E-state index contributed by atoms with van der Waals surface area (Å²) in [5.74, 6) is 1.07. The van der Waals surface area contributed by atoms with Crippen molar-refractivity contribution in [3.63, 3.8) is 0 Å². The summed E-state index contributed by atoms with van der Waals surface area (Å²) in [4.78, 5) is 9.44. The fourth-order valence-corrected chi connectivity index (χ4v) is 1.51. The molecular formula is C19H44O. The van der Waals surface area contributed by atoms with E-state index in [9.17, 15) is 4.79 Å². The number of hydrogen-bond donors (Lipinski definition) is 0. The molecule has 0 radical (unpaired) electrons. The zero-order valence-corrected chi connectivity index (χ0v) is 16.1. The molecule has 0 fully saturated rings. The molecule has 0 saturated carbocycles. The molecule has 0 spiro atoms. The second kappa shape index (κ2) is 31.2. The van der Waals surface area contributed by atoms with Crippen LogP contribution in [0.15, 0.2) is 0 Å². The van der Waals surface area contributed by atoms with Gasteiger partial charge >= 0.3 is 0 Å². The summed E-state index contributed by atoms with van der Waals surface area (Å²) in [6.45, 7) is 18.0. The van der Waals surface area contributed by atoms with Crippen LogP contribution in [0.4, 0.5) is 0 Å². The second-order valence-electron chi connectivity index (χ2n) is 5.21. The van der Waals surface area contributed by atoms with Crippen molar-refractivity contribution in [1.82, 2.24) is 0 Å². The maximum absolute atomic E-state index is 9.44. The Morgan fingerprint density at radius 3 is 1.35 bits per heavy atom. The van der Waals surface area contributed by atoms with E-state index in [1.165, 1.54) is 65.2 Å². The van der Waals surface area contributed by atoms with E-state index in [1.54, 1.807) is 0 Å². The van der Waals surface area contributed by atoms with Crippen LogP contribution in [0.1, 0.15) is 114 Å². The van der Waals surface area contributed by atoms with Crippen molar-refractivity contribution < 1.29 is 4.79 Å². The van der Waals surface area contributed by atoms with Gasteiger partial charge in [-0.3, -0.25) is 0 Å². The first-order valence-corrected chi connectivity index (χ1v) is 8.97. The fraction of sp³-hybridized carbons (Fsp3) is 0.947. The highest BCUT2D eigenvalue weighted by Gasteiger charge is 1.93. The minimum atomic E-state index is 0.167. The molecule has 0 heterocycles. The molecule has 0 aliphatic heterocycles. The van der Waals surface area contributed by atoms with Crippen LogP contribution in [0.3, 0.4) is 0 Å².